The number of carbonyl (C=O) groups excluding carboxylic acids is 1. The number of rotatable bonds is 5. The van der Waals surface area contributed by atoms with Gasteiger partial charge in [0.2, 0.25) is 0 Å². The van der Waals surface area contributed by atoms with Crippen LogP contribution in [0.1, 0.15) is 29.2 Å². The van der Waals surface area contributed by atoms with Crippen molar-refractivity contribution >= 4 is 33.2 Å². The molecule has 156 valence electrons. The summed E-state index contributed by atoms with van der Waals surface area (Å²) >= 11 is 5.85. The van der Waals surface area contributed by atoms with E-state index in [4.69, 9.17) is 11.6 Å². The smallest absolute Gasteiger partial charge is 0.261 e. The quantitative estimate of drug-likeness (QED) is 0.648. The van der Waals surface area contributed by atoms with Gasteiger partial charge in [0, 0.05) is 36.5 Å². The molecule has 0 aliphatic carbocycles. The molecule has 1 amide bonds. The summed E-state index contributed by atoms with van der Waals surface area (Å²) in [5, 5.41) is 0.448. The summed E-state index contributed by atoms with van der Waals surface area (Å²) in [6.07, 6.45) is 7.12. The molecule has 30 heavy (non-hydrogen) atoms. The molecule has 2 aromatic carbocycles. The highest BCUT2D eigenvalue weighted by Crippen LogP contribution is 2.26. The fourth-order valence-electron chi connectivity index (χ4n) is 3.60. The van der Waals surface area contributed by atoms with Crippen molar-refractivity contribution in [3.63, 3.8) is 0 Å². The van der Waals surface area contributed by atoms with Crippen LogP contribution in [0, 0.1) is 0 Å². The third kappa shape index (κ3) is 4.34. The first-order chi connectivity index (χ1) is 14.4. The maximum Gasteiger partial charge on any atom is 0.261 e. The summed E-state index contributed by atoms with van der Waals surface area (Å²) in [4.78, 5) is 19.1. The Kier molecular flexibility index (Phi) is 5.78. The van der Waals surface area contributed by atoms with E-state index in [2.05, 4.69) is 14.3 Å². The average molecular weight is 445 g/mol. The van der Waals surface area contributed by atoms with Gasteiger partial charge in [0.25, 0.3) is 15.9 Å². The third-order valence-electron chi connectivity index (χ3n) is 5.22. The molecular weight excluding hydrogens is 424 g/mol. The minimum atomic E-state index is -3.84. The van der Waals surface area contributed by atoms with Gasteiger partial charge in [0.1, 0.15) is 0 Å². The standard InChI is InChI=1S/C21H21ClN4O3S/c22-16-5-7-18(8-6-16)30(28,29)24-20-4-2-1-3-19(20)21(27)25-12-9-17(10-13-25)26-14-11-23-15-26/h1-8,11,14-15,17,24H,9-10,12-13H2. The molecule has 3 aromatic rings. The summed E-state index contributed by atoms with van der Waals surface area (Å²) in [5.74, 6) is -0.187. The molecule has 7 nitrogen and oxygen atoms in total. The van der Waals surface area contributed by atoms with Gasteiger partial charge in [-0.1, -0.05) is 23.7 Å². The Balaban J connectivity index is 1.50. The lowest BCUT2D eigenvalue weighted by Gasteiger charge is -2.33. The van der Waals surface area contributed by atoms with Crippen molar-refractivity contribution in [2.24, 2.45) is 0 Å². The van der Waals surface area contributed by atoms with Crippen LogP contribution < -0.4 is 4.72 Å². The Morgan fingerprint density at radius 2 is 1.77 bits per heavy atom. The minimum Gasteiger partial charge on any atom is -0.338 e. The average Bonchev–Trinajstić information content (AvgIpc) is 3.29. The van der Waals surface area contributed by atoms with E-state index in [1.807, 2.05) is 6.20 Å². The van der Waals surface area contributed by atoms with Gasteiger partial charge in [-0.05, 0) is 49.2 Å². The van der Waals surface area contributed by atoms with Crippen LogP contribution in [0.15, 0.2) is 72.1 Å². The molecule has 0 saturated carbocycles. The van der Waals surface area contributed by atoms with Crippen molar-refractivity contribution < 1.29 is 13.2 Å². The molecule has 2 heterocycles. The van der Waals surface area contributed by atoms with Gasteiger partial charge >= 0.3 is 0 Å². The number of likely N-dealkylation sites (tertiary alicyclic amines) is 1. The van der Waals surface area contributed by atoms with Crippen molar-refractivity contribution in [3.05, 3.63) is 77.8 Å². The molecule has 0 radical (unpaired) electrons. The zero-order valence-corrected chi connectivity index (χ0v) is 17.7. The van der Waals surface area contributed by atoms with Gasteiger partial charge in [-0.25, -0.2) is 13.4 Å². The molecule has 1 aromatic heterocycles. The Morgan fingerprint density at radius 3 is 2.43 bits per heavy atom. The number of benzene rings is 2. The number of amides is 1. The number of carbonyl (C=O) groups is 1. The molecule has 0 unspecified atom stereocenters. The summed E-state index contributed by atoms with van der Waals surface area (Å²) in [6.45, 7) is 1.19. The fraction of sp³-hybridized carbons (Fsp3) is 0.238. The Hall–Kier alpha value is -2.84. The highest BCUT2D eigenvalue weighted by molar-refractivity contribution is 7.92. The van der Waals surface area contributed by atoms with Crippen LogP contribution in [0.25, 0.3) is 0 Å². The maximum absolute atomic E-state index is 13.1. The SMILES string of the molecule is O=C(c1ccccc1NS(=O)(=O)c1ccc(Cl)cc1)N1CCC(n2ccnc2)CC1. The van der Waals surface area contributed by atoms with Crippen LogP contribution in [0.2, 0.25) is 5.02 Å². The number of para-hydroxylation sites is 1. The van der Waals surface area contributed by atoms with Crippen LogP contribution in [0.4, 0.5) is 5.69 Å². The lowest BCUT2D eigenvalue weighted by Crippen LogP contribution is -2.39. The van der Waals surface area contributed by atoms with Crippen LogP contribution >= 0.6 is 11.6 Å². The van der Waals surface area contributed by atoms with Crippen molar-refractivity contribution in [1.29, 1.82) is 0 Å². The van der Waals surface area contributed by atoms with Gasteiger partial charge < -0.3 is 9.47 Å². The number of hydrogen-bond acceptors (Lipinski definition) is 4. The number of imidazole rings is 1. The van der Waals surface area contributed by atoms with Gasteiger partial charge in [0.05, 0.1) is 22.5 Å². The molecule has 9 heteroatoms. The lowest BCUT2D eigenvalue weighted by molar-refractivity contribution is 0.0695. The zero-order chi connectivity index (χ0) is 21.1. The van der Waals surface area contributed by atoms with E-state index in [1.54, 1.807) is 41.7 Å². The highest BCUT2D eigenvalue weighted by atomic mass is 35.5. The molecular formula is C21H21ClN4O3S. The second kappa shape index (κ2) is 8.49. The molecule has 1 fully saturated rings. The van der Waals surface area contributed by atoms with Gasteiger partial charge in [-0.2, -0.15) is 0 Å². The monoisotopic (exact) mass is 444 g/mol. The van der Waals surface area contributed by atoms with E-state index >= 15 is 0 Å². The molecule has 0 atom stereocenters. The summed E-state index contributed by atoms with van der Waals surface area (Å²) in [7, 11) is -3.84. The second-order valence-corrected chi connectivity index (χ2v) is 9.26. The summed E-state index contributed by atoms with van der Waals surface area (Å²) in [6, 6.07) is 12.9. The minimum absolute atomic E-state index is 0.0790. The molecule has 1 aliphatic rings. The first kappa shape index (κ1) is 20.4. The number of sulfonamides is 1. The second-order valence-electron chi connectivity index (χ2n) is 7.14. The van der Waals surface area contributed by atoms with Crippen LogP contribution in [0.5, 0.6) is 0 Å². The normalized spacial score (nSPS) is 15.2. The van der Waals surface area contributed by atoms with Crippen molar-refractivity contribution in [3.8, 4) is 0 Å². The third-order valence-corrected chi connectivity index (χ3v) is 6.86. The summed E-state index contributed by atoms with van der Waals surface area (Å²) < 4.78 is 30.1. The van der Waals surface area contributed by atoms with E-state index in [1.165, 1.54) is 24.3 Å². The van der Waals surface area contributed by atoms with Gasteiger partial charge in [0.15, 0.2) is 0 Å². The Labute approximate surface area is 180 Å². The lowest BCUT2D eigenvalue weighted by atomic mass is 10.0. The number of halogens is 1. The number of nitrogens with one attached hydrogen (secondary N) is 1. The van der Waals surface area contributed by atoms with E-state index < -0.39 is 10.0 Å². The van der Waals surface area contributed by atoms with E-state index in [0.29, 0.717) is 29.7 Å². The predicted octanol–water partition coefficient (Wildman–Crippen LogP) is 3.81. The van der Waals surface area contributed by atoms with Crippen molar-refractivity contribution in [2.45, 2.75) is 23.8 Å². The fourth-order valence-corrected chi connectivity index (χ4v) is 4.80. The van der Waals surface area contributed by atoms with Crippen LogP contribution in [-0.4, -0.2) is 41.9 Å². The van der Waals surface area contributed by atoms with Crippen LogP contribution in [0.3, 0.4) is 0 Å². The Morgan fingerprint density at radius 1 is 1.07 bits per heavy atom. The molecule has 1 aliphatic heterocycles. The largest absolute Gasteiger partial charge is 0.338 e. The highest BCUT2D eigenvalue weighted by Gasteiger charge is 2.26. The molecule has 1 N–H and O–H groups in total. The molecule has 0 bridgehead atoms. The van der Waals surface area contributed by atoms with Crippen LogP contribution in [-0.2, 0) is 10.0 Å². The first-order valence-corrected chi connectivity index (χ1v) is 11.4. The Bertz CT molecular complexity index is 1120. The topological polar surface area (TPSA) is 84.3 Å². The number of nitrogens with zero attached hydrogens (tertiary/aromatic N) is 3. The summed E-state index contributed by atoms with van der Waals surface area (Å²) in [5.41, 5.74) is 0.588. The van der Waals surface area contributed by atoms with Gasteiger partial charge in [-0.15, -0.1) is 0 Å². The maximum atomic E-state index is 13.1. The number of piperidine rings is 1. The first-order valence-electron chi connectivity index (χ1n) is 9.58. The number of hydrogen-bond donors (Lipinski definition) is 1. The van der Waals surface area contributed by atoms with E-state index in [9.17, 15) is 13.2 Å². The zero-order valence-electron chi connectivity index (χ0n) is 16.1. The number of aromatic nitrogens is 2. The van der Waals surface area contributed by atoms with Crippen molar-refractivity contribution in [1.82, 2.24) is 14.5 Å². The molecule has 0 spiro atoms. The van der Waals surface area contributed by atoms with E-state index in [0.717, 1.165) is 12.8 Å². The predicted molar refractivity (Wildman–Crippen MR) is 115 cm³/mol. The van der Waals surface area contributed by atoms with Crippen molar-refractivity contribution in [2.75, 3.05) is 17.8 Å². The molecule has 4 rings (SSSR count). The molecule has 1 saturated heterocycles. The van der Waals surface area contributed by atoms with E-state index in [-0.39, 0.29) is 16.5 Å². The van der Waals surface area contributed by atoms with Gasteiger partial charge in [-0.3, -0.25) is 9.52 Å². The number of anilines is 1.